The van der Waals surface area contributed by atoms with E-state index < -0.39 is 0 Å². The van der Waals surface area contributed by atoms with E-state index in [4.69, 9.17) is 5.73 Å². The minimum Gasteiger partial charge on any atom is -0.324 e. The monoisotopic (exact) mass is 217 g/mol. The summed E-state index contributed by atoms with van der Waals surface area (Å²) in [4.78, 5) is 12.4. The number of halogens is 1. The van der Waals surface area contributed by atoms with Gasteiger partial charge in [0, 0.05) is 23.8 Å². The van der Waals surface area contributed by atoms with E-state index in [1.807, 2.05) is 11.4 Å². The molecule has 72 valence electrons. The lowest BCUT2D eigenvalue weighted by Gasteiger charge is -2.06. The number of hydrogen-bond donors (Lipinski definition) is 1. The number of carbonyl (C=O) groups is 1. The average molecular weight is 218 g/mol. The lowest BCUT2D eigenvalue weighted by molar-refractivity contribution is -0.118. The SMILES string of the molecule is Cl.NC1CCC(=O)Cc2sccc21. The van der Waals surface area contributed by atoms with Gasteiger partial charge in [0.1, 0.15) is 5.78 Å². The molecule has 1 aromatic rings. The van der Waals surface area contributed by atoms with Gasteiger partial charge in [-0.05, 0) is 23.4 Å². The Morgan fingerprint density at radius 3 is 3.08 bits per heavy atom. The van der Waals surface area contributed by atoms with Crippen LogP contribution in [0, 0.1) is 0 Å². The van der Waals surface area contributed by atoms with Crippen molar-refractivity contribution in [3.8, 4) is 0 Å². The molecule has 1 atom stereocenters. The Bertz CT molecular complexity index is 310. The van der Waals surface area contributed by atoms with Crippen molar-refractivity contribution in [2.75, 3.05) is 0 Å². The zero-order valence-electron chi connectivity index (χ0n) is 7.16. The Balaban J connectivity index is 0.000000845. The smallest absolute Gasteiger partial charge is 0.138 e. The van der Waals surface area contributed by atoms with Crippen LogP contribution in [-0.4, -0.2) is 5.78 Å². The Kier molecular flexibility index (Phi) is 3.47. The molecule has 1 aliphatic carbocycles. The van der Waals surface area contributed by atoms with E-state index in [0.29, 0.717) is 18.6 Å². The summed E-state index contributed by atoms with van der Waals surface area (Å²) in [5.74, 6) is 0.326. The first-order valence-electron chi connectivity index (χ1n) is 4.11. The van der Waals surface area contributed by atoms with Crippen LogP contribution in [0.3, 0.4) is 0 Å². The summed E-state index contributed by atoms with van der Waals surface area (Å²) in [7, 11) is 0. The first-order chi connectivity index (χ1) is 5.77. The van der Waals surface area contributed by atoms with Crippen LogP contribution in [-0.2, 0) is 11.2 Å². The summed E-state index contributed by atoms with van der Waals surface area (Å²) < 4.78 is 0. The van der Waals surface area contributed by atoms with Gasteiger partial charge >= 0.3 is 0 Å². The average Bonchev–Trinajstić information content (AvgIpc) is 2.44. The molecule has 0 aromatic carbocycles. The first-order valence-corrected chi connectivity index (χ1v) is 4.99. The second-order valence-electron chi connectivity index (χ2n) is 3.16. The van der Waals surface area contributed by atoms with Crippen LogP contribution >= 0.6 is 23.7 Å². The molecule has 2 N–H and O–H groups in total. The van der Waals surface area contributed by atoms with Gasteiger partial charge in [-0.15, -0.1) is 23.7 Å². The van der Waals surface area contributed by atoms with E-state index in [-0.39, 0.29) is 18.4 Å². The first kappa shape index (κ1) is 10.7. The van der Waals surface area contributed by atoms with Gasteiger partial charge in [0.05, 0.1) is 0 Å². The summed E-state index contributed by atoms with van der Waals surface area (Å²) in [5.41, 5.74) is 7.09. The van der Waals surface area contributed by atoms with E-state index >= 15 is 0 Å². The van der Waals surface area contributed by atoms with E-state index in [1.165, 1.54) is 10.4 Å². The van der Waals surface area contributed by atoms with E-state index in [2.05, 4.69) is 0 Å². The maximum absolute atomic E-state index is 11.2. The van der Waals surface area contributed by atoms with E-state index in [1.54, 1.807) is 11.3 Å². The minimum atomic E-state index is 0. The number of carbonyl (C=O) groups excluding carboxylic acids is 1. The molecule has 13 heavy (non-hydrogen) atoms. The number of thiophene rings is 1. The molecular formula is C9H12ClNOS. The number of rotatable bonds is 0. The summed E-state index contributed by atoms with van der Waals surface area (Å²) in [6.07, 6.45) is 2.05. The molecule has 0 amide bonds. The summed E-state index contributed by atoms with van der Waals surface area (Å²) in [6, 6.07) is 2.13. The molecule has 0 aliphatic heterocycles. The highest BCUT2D eigenvalue weighted by molar-refractivity contribution is 7.10. The number of hydrogen-bond acceptors (Lipinski definition) is 3. The van der Waals surface area contributed by atoms with Crippen molar-refractivity contribution in [2.45, 2.75) is 25.3 Å². The van der Waals surface area contributed by atoms with Crippen LogP contribution in [0.2, 0.25) is 0 Å². The van der Waals surface area contributed by atoms with E-state index in [9.17, 15) is 4.79 Å². The van der Waals surface area contributed by atoms with Gasteiger partial charge in [0.15, 0.2) is 0 Å². The molecule has 4 heteroatoms. The van der Waals surface area contributed by atoms with Gasteiger partial charge in [-0.25, -0.2) is 0 Å². The molecule has 1 aromatic heterocycles. The van der Waals surface area contributed by atoms with Crippen molar-refractivity contribution >= 4 is 29.5 Å². The number of nitrogens with two attached hydrogens (primary N) is 1. The Hall–Kier alpha value is -0.380. The lowest BCUT2D eigenvalue weighted by Crippen LogP contribution is -2.08. The topological polar surface area (TPSA) is 43.1 Å². The lowest BCUT2D eigenvalue weighted by atomic mass is 10.1. The predicted molar refractivity (Wildman–Crippen MR) is 56.4 cm³/mol. The largest absolute Gasteiger partial charge is 0.324 e. The Morgan fingerprint density at radius 2 is 2.31 bits per heavy atom. The fourth-order valence-electron chi connectivity index (χ4n) is 1.56. The third-order valence-corrected chi connectivity index (χ3v) is 3.21. The number of fused-ring (bicyclic) bond motifs is 1. The third-order valence-electron chi connectivity index (χ3n) is 2.27. The highest BCUT2D eigenvalue weighted by atomic mass is 35.5. The minimum absolute atomic E-state index is 0. The molecule has 2 rings (SSSR count). The van der Waals surface area contributed by atoms with Gasteiger partial charge in [-0.2, -0.15) is 0 Å². The summed E-state index contributed by atoms with van der Waals surface area (Å²) >= 11 is 1.65. The van der Waals surface area contributed by atoms with Crippen LogP contribution in [0.5, 0.6) is 0 Å². The molecule has 0 fully saturated rings. The van der Waals surface area contributed by atoms with Gasteiger partial charge < -0.3 is 5.73 Å². The van der Waals surface area contributed by atoms with Gasteiger partial charge in [-0.1, -0.05) is 0 Å². The highest BCUT2D eigenvalue weighted by Gasteiger charge is 2.19. The van der Waals surface area contributed by atoms with Crippen LogP contribution in [0.1, 0.15) is 29.3 Å². The van der Waals surface area contributed by atoms with Crippen molar-refractivity contribution in [1.29, 1.82) is 0 Å². The fourth-order valence-corrected chi connectivity index (χ4v) is 2.54. The predicted octanol–water partition coefficient (Wildman–Crippen LogP) is 2.08. The molecule has 0 saturated heterocycles. The zero-order valence-corrected chi connectivity index (χ0v) is 8.79. The Labute approximate surface area is 87.5 Å². The van der Waals surface area contributed by atoms with Crippen LogP contribution in [0.25, 0.3) is 0 Å². The van der Waals surface area contributed by atoms with Crippen molar-refractivity contribution in [1.82, 2.24) is 0 Å². The fraction of sp³-hybridized carbons (Fsp3) is 0.444. The Morgan fingerprint density at radius 1 is 1.54 bits per heavy atom. The van der Waals surface area contributed by atoms with Crippen molar-refractivity contribution in [2.24, 2.45) is 5.73 Å². The van der Waals surface area contributed by atoms with Gasteiger partial charge in [-0.3, -0.25) is 4.79 Å². The molecule has 1 unspecified atom stereocenters. The second-order valence-corrected chi connectivity index (χ2v) is 4.16. The third kappa shape index (κ3) is 2.10. The van der Waals surface area contributed by atoms with E-state index in [0.717, 1.165) is 6.42 Å². The van der Waals surface area contributed by atoms with Crippen molar-refractivity contribution < 1.29 is 4.79 Å². The standard InChI is InChI=1S/C9H11NOS.ClH/c10-8-2-1-6(11)5-9-7(8)3-4-12-9;/h3-4,8H,1-2,5,10H2;1H. The van der Waals surface area contributed by atoms with Gasteiger partial charge in [0.2, 0.25) is 0 Å². The molecule has 0 bridgehead atoms. The second kappa shape index (κ2) is 4.22. The summed E-state index contributed by atoms with van der Waals surface area (Å²) in [6.45, 7) is 0. The molecule has 0 saturated carbocycles. The number of Topliss-reactive ketones (excluding diaryl/α,β-unsaturated/α-hetero) is 1. The zero-order chi connectivity index (χ0) is 8.55. The maximum atomic E-state index is 11.2. The number of ketones is 1. The summed E-state index contributed by atoms with van der Waals surface area (Å²) in [5, 5.41) is 2.02. The molecule has 2 nitrogen and oxygen atoms in total. The molecular weight excluding hydrogens is 206 g/mol. The van der Waals surface area contributed by atoms with Gasteiger partial charge in [0.25, 0.3) is 0 Å². The van der Waals surface area contributed by atoms with Crippen molar-refractivity contribution in [3.63, 3.8) is 0 Å². The van der Waals surface area contributed by atoms with Crippen LogP contribution in [0.15, 0.2) is 11.4 Å². The highest BCUT2D eigenvalue weighted by Crippen LogP contribution is 2.29. The molecule has 0 spiro atoms. The molecule has 1 heterocycles. The molecule has 1 aliphatic rings. The van der Waals surface area contributed by atoms with Crippen LogP contribution in [0.4, 0.5) is 0 Å². The molecule has 0 radical (unpaired) electrons. The maximum Gasteiger partial charge on any atom is 0.138 e. The normalized spacial score (nSPS) is 21.6. The quantitative estimate of drug-likeness (QED) is 0.677. The van der Waals surface area contributed by atoms with Crippen LogP contribution < -0.4 is 5.73 Å². The van der Waals surface area contributed by atoms with Crippen molar-refractivity contribution in [3.05, 3.63) is 21.9 Å².